The lowest BCUT2D eigenvalue weighted by molar-refractivity contribution is 0.303. The Morgan fingerprint density at radius 2 is 1.68 bits per heavy atom. The van der Waals surface area contributed by atoms with E-state index in [0.29, 0.717) is 12.4 Å². The standard InChI is InChI=1S/C16H16ClFO/c1-10-6-11(2)14(12(3)7-10)9-19-13-4-5-15(17)16(18)8-13/h4-8H,9H2,1-3H3. The number of benzene rings is 2. The summed E-state index contributed by atoms with van der Waals surface area (Å²) in [7, 11) is 0. The molecule has 19 heavy (non-hydrogen) atoms. The Bertz CT molecular complexity index is 585. The van der Waals surface area contributed by atoms with Gasteiger partial charge in [-0.2, -0.15) is 0 Å². The van der Waals surface area contributed by atoms with E-state index in [1.807, 2.05) is 0 Å². The first-order valence-corrected chi connectivity index (χ1v) is 6.50. The minimum Gasteiger partial charge on any atom is -0.489 e. The van der Waals surface area contributed by atoms with Gasteiger partial charge < -0.3 is 4.74 Å². The molecular formula is C16H16ClFO. The van der Waals surface area contributed by atoms with Crippen LogP contribution in [0.1, 0.15) is 22.3 Å². The quantitative estimate of drug-likeness (QED) is 0.769. The predicted octanol–water partition coefficient (Wildman–Crippen LogP) is 4.98. The van der Waals surface area contributed by atoms with Crippen molar-refractivity contribution in [3.63, 3.8) is 0 Å². The van der Waals surface area contributed by atoms with Crippen molar-refractivity contribution >= 4 is 11.6 Å². The maximum Gasteiger partial charge on any atom is 0.145 e. The van der Waals surface area contributed by atoms with Crippen molar-refractivity contribution in [1.82, 2.24) is 0 Å². The maximum atomic E-state index is 13.3. The molecule has 0 spiro atoms. The molecule has 0 heterocycles. The second-order valence-corrected chi connectivity index (χ2v) is 5.15. The summed E-state index contributed by atoms with van der Waals surface area (Å²) in [5, 5.41) is 0.107. The van der Waals surface area contributed by atoms with Gasteiger partial charge in [0.2, 0.25) is 0 Å². The summed E-state index contributed by atoms with van der Waals surface area (Å²) in [5.74, 6) is 0.0257. The van der Waals surface area contributed by atoms with Crippen LogP contribution in [0.25, 0.3) is 0 Å². The molecule has 0 amide bonds. The van der Waals surface area contributed by atoms with Gasteiger partial charge in [-0.15, -0.1) is 0 Å². The summed E-state index contributed by atoms with van der Waals surface area (Å²) in [6, 6.07) is 8.72. The molecule has 0 bridgehead atoms. The van der Waals surface area contributed by atoms with Crippen molar-refractivity contribution < 1.29 is 9.13 Å². The van der Waals surface area contributed by atoms with Crippen LogP contribution in [-0.2, 0) is 6.61 Å². The van der Waals surface area contributed by atoms with Crippen LogP contribution >= 0.6 is 11.6 Å². The molecule has 2 aromatic rings. The van der Waals surface area contributed by atoms with Gasteiger partial charge >= 0.3 is 0 Å². The number of rotatable bonds is 3. The molecule has 0 unspecified atom stereocenters. The van der Waals surface area contributed by atoms with Gasteiger partial charge in [-0.05, 0) is 49.6 Å². The highest BCUT2D eigenvalue weighted by atomic mass is 35.5. The first-order valence-electron chi connectivity index (χ1n) is 6.12. The van der Waals surface area contributed by atoms with E-state index in [0.717, 1.165) is 5.56 Å². The second-order valence-electron chi connectivity index (χ2n) is 4.74. The highest BCUT2D eigenvalue weighted by molar-refractivity contribution is 6.30. The molecule has 2 aromatic carbocycles. The molecule has 0 radical (unpaired) electrons. The van der Waals surface area contributed by atoms with Crippen LogP contribution in [0.5, 0.6) is 5.75 Å². The summed E-state index contributed by atoms with van der Waals surface area (Å²) in [6.45, 7) is 6.61. The zero-order valence-corrected chi connectivity index (χ0v) is 12.0. The Hall–Kier alpha value is -1.54. The lowest BCUT2D eigenvalue weighted by Crippen LogP contribution is -2.01. The minimum absolute atomic E-state index is 0.107. The van der Waals surface area contributed by atoms with E-state index < -0.39 is 5.82 Å². The van der Waals surface area contributed by atoms with E-state index in [2.05, 4.69) is 32.9 Å². The fourth-order valence-electron chi connectivity index (χ4n) is 2.16. The van der Waals surface area contributed by atoms with Crippen LogP contribution in [0.4, 0.5) is 4.39 Å². The minimum atomic E-state index is -0.462. The fraction of sp³-hybridized carbons (Fsp3) is 0.250. The molecule has 2 rings (SSSR count). The summed E-state index contributed by atoms with van der Waals surface area (Å²) in [6.07, 6.45) is 0. The van der Waals surface area contributed by atoms with E-state index in [9.17, 15) is 4.39 Å². The molecule has 0 aromatic heterocycles. The molecule has 0 saturated carbocycles. The summed E-state index contributed by atoms with van der Waals surface area (Å²) in [4.78, 5) is 0. The zero-order chi connectivity index (χ0) is 14.0. The van der Waals surface area contributed by atoms with Crippen molar-refractivity contribution in [3.8, 4) is 5.75 Å². The van der Waals surface area contributed by atoms with Gasteiger partial charge in [-0.25, -0.2) is 4.39 Å². The van der Waals surface area contributed by atoms with Crippen molar-refractivity contribution in [1.29, 1.82) is 0 Å². The van der Waals surface area contributed by atoms with Gasteiger partial charge in [0.25, 0.3) is 0 Å². The fourth-order valence-corrected chi connectivity index (χ4v) is 2.28. The molecule has 0 atom stereocenters. The Morgan fingerprint density at radius 3 is 2.26 bits per heavy atom. The SMILES string of the molecule is Cc1cc(C)c(COc2ccc(Cl)c(F)c2)c(C)c1. The third kappa shape index (κ3) is 3.27. The van der Waals surface area contributed by atoms with Gasteiger partial charge in [0, 0.05) is 6.07 Å². The Morgan fingerprint density at radius 1 is 1.05 bits per heavy atom. The number of halogens is 2. The molecule has 0 saturated heterocycles. The van der Waals surface area contributed by atoms with Crippen LogP contribution in [0.2, 0.25) is 5.02 Å². The number of ether oxygens (including phenoxy) is 1. The van der Waals surface area contributed by atoms with Gasteiger partial charge in [0.05, 0.1) is 5.02 Å². The molecule has 3 heteroatoms. The third-order valence-corrected chi connectivity index (χ3v) is 3.42. The van der Waals surface area contributed by atoms with Crippen LogP contribution in [-0.4, -0.2) is 0 Å². The summed E-state index contributed by atoms with van der Waals surface area (Å²) < 4.78 is 18.9. The first kappa shape index (κ1) is 13.9. The van der Waals surface area contributed by atoms with Crippen molar-refractivity contribution in [2.75, 3.05) is 0 Å². The second kappa shape index (κ2) is 5.62. The number of aryl methyl sites for hydroxylation is 3. The van der Waals surface area contributed by atoms with Crippen molar-refractivity contribution in [2.45, 2.75) is 27.4 Å². The average molecular weight is 279 g/mol. The largest absolute Gasteiger partial charge is 0.489 e. The lowest BCUT2D eigenvalue weighted by Gasteiger charge is -2.13. The van der Waals surface area contributed by atoms with Gasteiger partial charge in [0.15, 0.2) is 0 Å². The van der Waals surface area contributed by atoms with E-state index in [1.165, 1.54) is 28.8 Å². The normalized spacial score (nSPS) is 10.6. The lowest BCUT2D eigenvalue weighted by atomic mass is 10.0. The smallest absolute Gasteiger partial charge is 0.145 e. The topological polar surface area (TPSA) is 9.23 Å². The molecule has 0 aliphatic heterocycles. The van der Waals surface area contributed by atoms with E-state index in [4.69, 9.17) is 16.3 Å². The molecule has 1 nitrogen and oxygen atoms in total. The summed E-state index contributed by atoms with van der Waals surface area (Å²) in [5.41, 5.74) is 4.75. The first-order chi connectivity index (χ1) is 8.97. The van der Waals surface area contributed by atoms with Crippen LogP contribution in [0.15, 0.2) is 30.3 Å². The van der Waals surface area contributed by atoms with E-state index in [1.54, 1.807) is 6.07 Å². The molecule has 0 aliphatic carbocycles. The van der Waals surface area contributed by atoms with E-state index >= 15 is 0 Å². The molecule has 0 aliphatic rings. The Labute approximate surface area is 118 Å². The number of hydrogen-bond acceptors (Lipinski definition) is 1. The van der Waals surface area contributed by atoms with Crippen LogP contribution in [0, 0.1) is 26.6 Å². The highest BCUT2D eigenvalue weighted by Gasteiger charge is 2.06. The molecule has 0 fully saturated rings. The molecule has 100 valence electrons. The Balaban J connectivity index is 2.16. The predicted molar refractivity (Wildman–Crippen MR) is 76.4 cm³/mol. The highest BCUT2D eigenvalue weighted by Crippen LogP contribution is 2.23. The van der Waals surface area contributed by atoms with Crippen molar-refractivity contribution in [3.05, 3.63) is 63.4 Å². The Kier molecular flexibility index (Phi) is 4.11. The number of hydrogen-bond donors (Lipinski definition) is 0. The van der Waals surface area contributed by atoms with Crippen LogP contribution < -0.4 is 4.74 Å². The average Bonchev–Trinajstić information content (AvgIpc) is 2.32. The van der Waals surface area contributed by atoms with Crippen LogP contribution in [0.3, 0.4) is 0 Å². The van der Waals surface area contributed by atoms with E-state index in [-0.39, 0.29) is 5.02 Å². The van der Waals surface area contributed by atoms with Gasteiger partial charge in [-0.1, -0.05) is 29.3 Å². The zero-order valence-electron chi connectivity index (χ0n) is 11.3. The molecular weight excluding hydrogens is 263 g/mol. The maximum absolute atomic E-state index is 13.3. The summed E-state index contributed by atoms with van der Waals surface area (Å²) >= 11 is 5.64. The van der Waals surface area contributed by atoms with Gasteiger partial charge in [-0.3, -0.25) is 0 Å². The van der Waals surface area contributed by atoms with Gasteiger partial charge in [0.1, 0.15) is 18.2 Å². The van der Waals surface area contributed by atoms with Crippen molar-refractivity contribution in [2.24, 2.45) is 0 Å². The third-order valence-electron chi connectivity index (χ3n) is 3.11. The monoisotopic (exact) mass is 278 g/mol. The molecule has 0 N–H and O–H groups in total.